The van der Waals surface area contributed by atoms with E-state index in [4.69, 9.17) is 9.47 Å². The Morgan fingerprint density at radius 1 is 1.12 bits per heavy atom. The lowest BCUT2D eigenvalue weighted by molar-refractivity contribution is -0.146. The van der Waals surface area contributed by atoms with Crippen molar-refractivity contribution >= 4 is 23.6 Å². The van der Waals surface area contributed by atoms with Crippen LogP contribution in [0.4, 0.5) is 0 Å². The summed E-state index contributed by atoms with van der Waals surface area (Å²) in [6, 6.07) is 6.57. The van der Waals surface area contributed by atoms with Crippen LogP contribution in [0.2, 0.25) is 0 Å². The minimum absolute atomic E-state index is 0.104. The second-order valence-corrected chi connectivity index (χ2v) is 4.43. The number of esters is 2. The third-order valence-corrected chi connectivity index (χ3v) is 2.71. The fourth-order valence-corrected chi connectivity index (χ4v) is 1.70. The smallest absolute Gasteiger partial charge is 0.359 e. The highest BCUT2D eigenvalue weighted by Crippen LogP contribution is 2.14. The molecule has 1 aromatic rings. The van der Waals surface area contributed by atoms with E-state index in [2.05, 4.69) is 15.3 Å². The highest BCUT2D eigenvalue weighted by molar-refractivity contribution is 6.43. The van der Waals surface area contributed by atoms with Crippen LogP contribution in [0.15, 0.2) is 29.4 Å². The van der Waals surface area contributed by atoms with Crippen LogP contribution < -0.4 is 10.2 Å². The summed E-state index contributed by atoms with van der Waals surface area (Å²) in [5.41, 5.74) is 2.46. The van der Waals surface area contributed by atoms with Crippen LogP contribution in [0.1, 0.15) is 25.8 Å². The van der Waals surface area contributed by atoms with Crippen LogP contribution in [0.25, 0.3) is 0 Å². The molecule has 0 atom stereocenters. The first-order valence-electron chi connectivity index (χ1n) is 7.35. The van der Waals surface area contributed by atoms with Crippen molar-refractivity contribution in [3.8, 4) is 5.75 Å². The SMILES string of the molecule is CCOC(=O)CC(=O)N/N=C(/C(=O)OCC)c1cccc(OC)c1. The van der Waals surface area contributed by atoms with Gasteiger partial charge in [-0.15, -0.1) is 0 Å². The molecule has 1 rings (SSSR count). The molecule has 0 fully saturated rings. The van der Waals surface area contributed by atoms with Gasteiger partial charge in [0.25, 0.3) is 5.91 Å². The first-order valence-corrected chi connectivity index (χ1v) is 7.35. The molecule has 1 amide bonds. The zero-order valence-electron chi connectivity index (χ0n) is 13.8. The van der Waals surface area contributed by atoms with Gasteiger partial charge in [-0.05, 0) is 26.0 Å². The Kier molecular flexibility index (Phi) is 7.97. The van der Waals surface area contributed by atoms with Gasteiger partial charge in [-0.1, -0.05) is 12.1 Å². The maximum absolute atomic E-state index is 12.0. The van der Waals surface area contributed by atoms with Crippen molar-refractivity contribution in [3.63, 3.8) is 0 Å². The molecule has 130 valence electrons. The number of hydrogen-bond acceptors (Lipinski definition) is 7. The third kappa shape index (κ3) is 6.07. The van der Waals surface area contributed by atoms with E-state index < -0.39 is 24.3 Å². The standard InChI is InChI=1S/C16H20N2O6/c1-4-23-14(20)10-13(19)17-18-15(16(21)24-5-2)11-7-6-8-12(9-11)22-3/h6-9H,4-5,10H2,1-3H3,(H,17,19)/b18-15+. The van der Waals surface area contributed by atoms with E-state index >= 15 is 0 Å². The zero-order chi connectivity index (χ0) is 17.9. The summed E-state index contributed by atoms with van der Waals surface area (Å²) >= 11 is 0. The summed E-state index contributed by atoms with van der Waals surface area (Å²) < 4.78 is 14.7. The van der Waals surface area contributed by atoms with E-state index in [-0.39, 0.29) is 18.9 Å². The molecule has 0 radical (unpaired) electrons. The predicted molar refractivity (Wildman–Crippen MR) is 85.6 cm³/mol. The van der Waals surface area contributed by atoms with Crippen molar-refractivity contribution < 1.29 is 28.6 Å². The lowest BCUT2D eigenvalue weighted by atomic mass is 10.1. The molecule has 0 aliphatic rings. The van der Waals surface area contributed by atoms with Crippen LogP contribution in [0, 0.1) is 0 Å². The quantitative estimate of drug-likeness (QED) is 0.329. The van der Waals surface area contributed by atoms with Crippen LogP contribution in [0.3, 0.4) is 0 Å². The lowest BCUT2D eigenvalue weighted by Gasteiger charge is -2.08. The Balaban J connectivity index is 2.94. The molecule has 0 unspecified atom stereocenters. The molecule has 8 nitrogen and oxygen atoms in total. The highest BCUT2D eigenvalue weighted by Gasteiger charge is 2.18. The van der Waals surface area contributed by atoms with Gasteiger partial charge in [0, 0.05) is 5.56 Å². The Bertz CT molecular complexity index is 627. The van der Waals surface area contributed by atoms with Gasteiger partial charge >= 0.3 is 11.9 Å². The molecule has 1 aromatic carbocycles. The molecule has 0 aliphatic heterocycles. The molecule has 0 saturated carbocycles. The first-order chi connectivity index (χ1) is 11.5. The summed E-state index contributed by atoms with van der Waals surface area (Å²) in [5.74, 6) is -1.56. The minimum Gasteiger partial charge on any atom is -0.497 e. The number of carbonyl (C=O) groups excluding carboxylic acids is 3. The molecule has 0 spiro atoms. The molecular formula is C16H20N2O6. The topological polar surface area (TPSA) is 103 Å². The zero-order valence-corrected chi connectivity index (χ0v) is 13.8. The molecule has 0 heterocycles. The van der Waals surface area contributed by atoms with Crippen LogP contribution >= 0.6 is 0 Å². The minimum atomic E-state index is -0.706. The van der Waals surface area contributed by atoms with Gasteiger partial charge in [0.1, 0.15) is 12.2 Å². The van der Waals surface area contributed by atoms with Gasteiger partial charge in [0.2, 0.25) is 0 Å². The summed E-state index contributed by atoms with van der Waals surface area (Å²) in [7, 11) is 1.49. The number of nitrogens with one attached hydrogen (secondary N) is 1. The maximum atomic E-state index is 12.0. The van der Waals surface area contributed by atoms with Crippen LogP contribution in [0.5, 0.6) is 5.75 Å². The molecule has 0 saturated heterocycles. The number of benzene rings is 1. The Hall–Kier alpha value is -2.90. The lowest BCUT2D eigenvalue weighted by Crippen LogP contribution is -2.27. The van der Waals surface area contributed by atoms with E-state index in [9.17, 15) is 14.4 Å². The van der Waals surface area contributed by atoms with Gasteiger partial charge in [-0.2, -0.15) is 5.10 Å². The van der Waals surface area contributed by atoms with E-state index in [1.807, 2.05) is 0 Å². The van der Waals surface area contributed by atoms with Crippen molar-refractivity contribution in [1.82, 2.24) is 5.43 Å². The number of amides is 1. The average molecular weight is 336 g/mol. The van der Waals surface area contributed by atoms with Gasteiger partial charge < -0.3 is 14.2 Å². The van der Waals surface area contributed by atoms with E-state index in [0.29, 0.717) is 11.3 Å². The highest BCUT2D eigenvalue weighted by atomic mass is 16.5. The molecule has 0 aliphatic carbocycles. The second-order valence-electron chi connectivity index (χ2n) is 4.43. The summed E-state index contributed by atoms with van der Waals surface area (Å²) in [6.45, 7) is 3.61. The number of methoxy groups -OCH3 is 1. The Morgan fingerprint density at radius 3 is 2.46 bits per heavy atom. The van der Waals surface area contributed by atoms with E-state index in [0.717, 1.165) is 0 Å². The Morgan fingerprint density at radius 2 is 1.83 bits per heavy atom. The molecule has 0 bridgehead atoms. The number of carbonyl (C=O) groups is 3. The van der Waals surface area contributed by atoms with E-state index in [1.54, 1.807) is 38.1 Å². The third-order valence-electron chi connectivity index (χ3n) is 2.71. The summed E-state index contributed by atoms with van der Waals surface area (Å²) in [6.07, 6.45) is -0.494. The number of nitrogens with zero attached hydrogens (tertiary/aromatic N) is 1. The largest absolute Gasteiger partial charge is 0.497 e. The number of hydrazone groups is 1. The van der Waals surface area contributed by atoms with Crippen molar-refractivity contribution in [2.75, 3.05) is 20.3 Å². The molecule has 24 heavy (non-hydrogen) atoms. The van der Waals surface area contributed by atoms with Crippen molar-refractivity contribution in [3.05, 3.63) is 29.8 Å². The van der Waals surface area contributed by atoms with Crippen LogP contribution in [-0.4, -0.2) is 43.9 Å². The van der Waals surface area contributed by atoms with Crippen LogP contribution in [-0.2, 0) is 23.9 Å². The molecule has 0 aromatic heterocycles. The fourth-order valence-electron chi connectivity index (χ4n) is 1.70. The van der Waals surface area contributed by atoms with Gasteiger partial charge in [0.05, 0.1) is 20.3 Å². The molecule has 8 heteroatoms. The van der Waals surface area contributed by atoms with Gasteiger partial charge in [-0.3, -0.25) is 9.59 Å². The number of rotatable bonds is 8. The normalized spacial score (nSPS) is 10.7. The molecular weight excluding hydrogens is 316 g/mol. The average Bonchev–Trinajstić information content (AvgIpc) is 2.55. The van der Waals surface area contributed by atoms with Gasteiger partial charge in [0.15, 0.2) is 5.71 Å². The maximum Gasteiger partial charge on any atom is 0.359 e. The fraction of sp³-hybridized carbons (Fsp3) is 0.375. The van der Waals surface area contributed by atoms with E-state index in [1.165, 1.54) is 7.11 Å². The number of hydrogen-bond donors (Lipinski definition) is 1. The Labute approximate surface area is 139 Å². The van der Waals surface area contributed by atoms with Gasteiger partial charge in [-0.25, -0.2) is 10.2 Å². The first kappa shape index (κ1) is 19.1. The summed E-state index contributed by atoms with van der Waals surface area (Å²) in [5, 5.41) is 3.78. The second kappa shape index (κ2) is 9.98. The number of ether oxygens (including phenoxy) is 3. The molecule has 1 N–H and O–H groups in total. The summed E-state index contributed by atoms with van der Waals surface area (Å²) in [4.78, 5) is 35.0. The predicted octanol–water partition coefficient (Wildman–Crippen LogP) is 1.03. The van der Waals surface area contributed by atoms with Crippen molar-refractivity contribution in [2.24, 2.45) is 5.10 Å². The van der Waals surface area contributed by atoms with Crippen molar-refractivity contribution in [2.45, 2.75) is 20.3 Å². The van der Waals surface area contributed by atoms with Crippen molar-refractivity contribution in [1.29, 1.82) is 0 Å². The monoisotopic (exact) mass is 336 g/mol.